The summed E-state index contributed by atoms with van der Waals surface area (Å²) < 4.78 is 1.63. The maximum atomic E-state index is 12.4. The van der Waals surface area contributed by atoms with E-state index in [1.807, 2.05) is 6.92 Å². The monoisotopic (exact) mass is 263 g/mol. The number of carbonyl (C=O) groups excluding carboxylic acids is 1. The number of hydrogen-bond donors (Lipinski definition) is 1. The van der Waals surface area contributed by atoms with Crippen molar-refractivity contribution < 1.29 is 4.79 Å². The van der Waals surface area contributed by atoms with E-state index in [0.29, 0.717) is 28.5 Å². The quantitative estimate of drug-likeness (QED) is 0.682. The van der Waals surface area contributed by atoms with Gasteiger partial charge in [-0.2, -0.15) is 5.10 Å². The average Bonchev–Trinajstić information content (AvgIpc) is 2.70. The summed E-state index contributed by atoms with van der Waals surface area (Å²) in [5.74, 6) is -0.154. The third-order valence-electron chi connectivity index (χ3n) is 2.59. The van der Waals surface area contributed by atoms with E-state index in [-0.39, 0.29) is 5.78 Å². The summed E-state index contributed by atoms with van der Waals surface area (Å²) in [6.07, 6.45) is 2.38. The van der Waals surface area contributed by atoms with Gasteiger partial charge in [-0.1, -0.05) is 30.7 Å². The highest BCUT2D eigenvalue weighted by Gasteiger charge is 2.18. The maximum Gasteiger partial charge on any atom is 0.212 e. The molecule has 1 aromatic carbocycles. The van der Waals surface area contributed by atoms with Gasteiger partial charge < -0.3 is 5.73 Å². The number of rotatable bonds is 4. The number of halogens is 1. The van der Waals surface area contributed by atoms with Crippen molar-refractivity contribution in [1.82, 2.24) is 9.78 Å². The molecule has 1 heterocycles. The molecule has 5 heteroatoms. The zero-order valence-electron chi connectivity index (χ0n) is 10.1. The molecule has 94 valence electrons. The number of nitrogens with two attached hydrogens (primary N) is 1. The first-order valence-electron chi connectivity index (χ1n) is 5.75. The smallest absolute Gasteiger partial charge is 0.212 e. The van der Waals surface area contributed by atoms with Crippen molar-refractivity contribution >= 4 is 23.1 Å². The van der Waals surface area contributed by atoms with Gasteiger partial charge in [0.05, 0.1) is 11.2 Å². The standard InChI is InChI=1S/C13H14ClN3O/c1-2-6-17-12(11(14)8-16-17)13(18)9-4-3-5-10(15)7-9/h3-5,7-8H,2,6,15H2,1H3. The predicted molar refractivity (Wildman–Crippen MR) is 71.8 cm³/mol. The lowest BCUT2D eigenvalue weighted by Crippen LogP contribution is -2.12. The van der Waals surface area contributed by atoms with Crippen molar-refractivity contribution in [3.8, 4) is 0 Å². The van der Waals surface area contributed by atoms with Crippen LogP contribution in [0.3, 0.4) is 0 Å². The minimum atomic E-state index is -0.154. The second kappa shape index (κ2) is 5.23. The molecule has 0 saturated heterocycles. The molecule has 0 aliphatic carbocycles. The summed E-state index contributed by atoms with van der Waals surface area (Å²) in [6.45, 7) is 2.68. The molecule has 0 aliphatic rings. The third-order valence-corrected chi connectivity index (χ3v) is 2.87. The SMILES string of the molecule is CCCn1ncc(Cl)c1C(=O)c1cccc(N)c1. The van der Waals surface area contributed by atoms with Crippen molar-refractivity contribution in [2.45, 2.75) is 19.9 Å². The van der Waals surface area contributed by atoms with Crippen LogP contribution in [0, 0.1) is 0 Å². The van der Waals surface area contributed by atoms with Crippen LogP contribution in [0.4, 0.5) is 5.69 Å². The first-order valence-corrected chi connectivity index (χ1v) is 6.12. The van der Waals surface area contributed by atoms with Crippen LogP contribution in [0.25, 0.3) is 0 Å². The van der Waals surface area contributed by atoms with Gasteiger partial charge in [-0.25, -0.2) is 0 Å². The zero-order valence-corrected chi connectivity index (χ0v) is 10.8. The number of aromatic nitrogens is 2. The summed E-state index contributed by atoms with van der Waals surface area (Å²) in [6, 6.07) is 6.85. The molecule has 0 bridgehead atoms. The molecule has 0 aliphatic heterocycles. The average molecular weight is 264 g/mol. The Labute approximate surface area is 110 Å². The van der Waals surface area contributed by atoms with Gasteiger partial charge >= 0.3 is 0 Å². The number of anilines is 1. The minimum Gasteiger partial charge on any atom is -0.399 e. The molecule has 0 atom stereocenters. The number of carbonyl (C=O) groups is 1. The first-order chi connectivity index (χ1) is 8.63. The summed E-state index contributed by atoms with van der Waals surface area (Å²) in [5.41, 5.74) is 7.17. The van der Waals surface area contributed by atoms with Crippen molar-refractivity contribution in [1.29, 1.82) is 0 Å². The van der Waals surface area contributed by atoms with Crippen LogP contribution in [0.1, 0.15) is 29.4 Å². The van der Waals surface area contributed by atoms with Crippen LogP contribution in [0.5, 0.6) is 0 Å². The van der Waals surface area contributed by atoms with Crippen LogP contribution in [0.15, 0.2) is 30.5 Å². The van der Waals surface area contributed by atoms with E-state index in [4.69, 9.17) is 17.3 Å². The summed E-state index contributed by atoms with van der Waals surface area (Å²) in [7, 11) is 0. The minimum absolute atomic E-state index is 0.154. The molecule has 2 aromatic rings. The van der Waals surface area contributed by atoms with Crippen molar-refractivity contribution in [2.24, 2.45) is 0 Å². The van der Waals surface area contributed by atoms with E-state index in [1.54, 1.807) is 28.9 Å². The molecule has 2 rings (SSSR count). The molecule has 0 fully saturated rings. The van der Waals surface area contributed by atoms with Gasteiger partial charge in [-0.05, 0) is 18.6 Å². The van der Waals surface area contributed by atoms with Gasteiger partial charge in [0.25, 0.3) is 0 Å². The fraction of sp³-hybridized carbons (Fsp3) is 0.231. The maximum absolute atomic E-state index is 12.4. The second-order valence-corrected chi connectivity index (χ2v) is 4.43. The first kappa shape index (κ1) is 12.6. The van der Waals surface area contributed by atoms with Crippen LogP contribution >= 0.6 is 11.6 Å². The van der Waals surface area contributed by atoms with E-state index in [9.17, 15) is 4.79 Å². The highest BCUT2D eigenvalue weighted by molar-refractivity contribution is 6.34. The van der Waals surface area contributed by atoms with Crippen LogP contribution < -0.4 is 5.73 Å². The lowest BCUT2D eigenvalue weighted by molar-refractivity contribution is 0.102. The molecular weight excluding hydrogens is 250 g/mol. The molecule has 0 saturated carbocycles. The van der Waals surface area contributed by atoms with E-state index in [0.717, 1.165) is 6.42 Å². The topological polar surface area (TPSA) is 60.9 Å². The van der Waals surface area contributed by atoms with Crippen molar-refractivity contribution in [3.05, 3.63) is 46.7 Å². The van der Waals surface area contributed by atoms with Crippen molar-refractivity contribution in [3.63, 3.8) is 0 Å². The number of aryl methyl sites for hydroxylation is 1. The Kier molecular flexibility index (Phi) is 3.67. The van der Waals surface area contributed by atoms with E-state index < -0.39 is 0 Å². The molecule has 1 aromatic heterocycles. The molecule has 2 N–H and O–H groups in total. The Morgan fingerprint density at radius 3 is 2.94 bits per heavy atom. The highest BCUT2D eigenvalue weighted by atomic mass is 35.5. The largest absolute Gasteiger partial charge is 0.399 e. The molecule has 0 amide bonds. The summed E-state index contributed by atoms with van der Waals surface area (Å²) >= 11 is 6.03. The predicted octanol–water partition coefficient (Wildman–Crippen LogP) is 2.76. The van der Waals surface area contributed by atoms with Crippen LogP contribution in [0.2, 0.25) is 5.02 Å². The Bertz CT molecular complexity index is 577. The lowest BCUT2D eigenvalue weighted by Gasteiger charge is -2.06. The molecule has 18 heavy (non-hydrogen) atoms. The van der Waals surface area contributed by atoms with Crippen LogP contribution in [-0.2, 0) is 6.54 Å². The molecule has 4 nitrogen and oxygen atoms in total. The Hall–Kier alpha value is -1.81. The normalized spacial score (nSPS) is 10.6. The number of nitrogens with zero attached hydrogens (tertiary/aromatic N) is 2. The molecular formula is C13H14ClN3O. The lowest BCUT2D eigenvalue weighted by atomic mass is 10.1. The Balaban J connectivity index is 2.42. The van der Waals surface area contributed by atoms with E-state index in [1.165, 1.54) is 6.20 Å². The van der Waals surface area contributed by atoms with Crippen LogP contribution in [-0.4, -0.2) is 15.6 Å². The van der Waals surface area contributed by atoms with Gasteiger partial charge in [0.2, 0.25) is 5.78 Å². The highest BCUT2D eigenvalue weighted by Crippen LogP contribution is 2.20. The second-order valence-electron chi connectivity index (χ2n) is 4.02. The number of benzene rings is 1. The fourth-order valence-corrected chi connectivity index (χ4v) is 2.01. The van der Waals surface area contributed by atoms with E-state index in [2.05, 4.69) is 5.10 Å². The van der Waals surface area contributed by atoms with E-state index >= 15 is 0 Å². The molecule has 0 radical (unpaired) electrons. The zero-order chi connectivity index (χ0) is 13.1. The Morgan fingerprint density at radius 2 is 2.28 bits per heavy atom. The van der Waals surface area contributed by atoms with Gasteiger partial charge in [-0.3, -0.25) is 9.48 Å². The summed E-state index contributed by atoms with van der Waals surface area (Å²) in [5, 5.41) is 4.48. The fourth-order valence-electron chi connectivity index (χ4n) is 1.79. The number of hydrogen-bond acceptors (Lipinski definition) is 3. The third kappa shape index (κ3) is 2.38. The van der Waals surface area contributed by atoms with Crippen molar-refractivity contribution in [2.75, 3.05) is 5.73 Å². The Morgan fingerprint density at radius 1 is 1.50 bits per heavy atom. The van der Waals surface area contributed by atoms with Gasteiger partial charge in [-0.15, -0.1) is 0 Å². The van der Waals surface area contributed by atoms with Gasteiger partial charge in [0.1, 0.15) is 5.69 Å². The molecule has 0 unspecified atom stereocenters. The summed E-state index contributed by atoms with van der Waals surface area (Å²) in [4.78, 5) is 12.4. The van der Waals surface area contributed by atoms with Gasteiger partial charge in [0.15, 0.2) is 0 Å². The number of nitrogen functional groups attached to an aromatic ring is 1. The number of ketones is 1. The van der Waals surface area contributed by atoms with Gasteiger partial charge in [0, 0.05) is 17.8 Å². The molecule has 0 spiro atoms.